The van der Waals surface area contributed by atoms with Gasteiger partial charge in [-0.15, -0.1) is 0 Å². The minimum Gasteiger partial charge on any atom is -0.493 e. The van der Waals surface area contributed by atoms with Gasteiger partial charge in [0.25, 0.3) is 5.91 Å². The van der Waals surface area contributed by atoms with Crippen LogP contribution in [0.2, 0.25) is 0 Å². The zero-order valence-corrected chi connectivity index (χ0v) is 19.6. The summed E-state index contributed by atoms with van der Waals surface area (Å²) in [6, 6.07) is 13.4. The lowest BCUT2D eigenvalue weighted by Gasteiger charge is -2.18. The molecule has 3 rings (SSSR count). The molecule has 0 N–H and O–H groups in total. The van der Waals surface area contributed by atoms with Gasteiger partial charge >= 0.3 is 5.97 Å². The van der Waals surface area contributed by atoms with Crippen LogP contribution in [-0.4, -0.2) is 51.3 Å². The Hall–Kier alpha value is -3.74. The van der Waals surface area contributed by atoms with Crippen LogP contribution in [0.1, 0.15) is 25.0 Å². The van der Waals surface area contributed by atoms with Gasteiger partial charge in [0.2, 0.25) is 5.75 Å². The maximum Gasteiger partial charge on any atom is 0.340 e. The summed E-state index contributed by atoms with van der Waals surface area (Å²) < 4.78 is 21.6. The second kappa shape index (κ2) is 10.7. The lowest BCUT2D eigenvalue weighted by Crippen LogP contribution is -2.27. The minimum absolute atomic E-state index is 0.209. The van der Waals surface area contributed by atoms with Crippen LogP contribution in [0.15, 0.2) is 59.3 Å². The molecule has 0 fully saturated rings. The van der Waals surface area contributed by atoms with Crippen molar-refractivity contribution in [1.82, 2.24) is 4.90 Å². The standard InChI is InChI=1S/C26H29NO6/c1-6-33-26(29)22-17(2)27(15-14-18-10-8-7-9-11-18)25(28)20(22)16-19-12-13-21(30-3)24(32-5)23(19)31-4/h7-13,16H,6,14-15H2,1-5H3/b20-16-. The van der Waals surface area contributed by atoms with Crippen LogP contribution in [0.4, 0.5) is 0 Å². The third-order valence-corrected chi connectivity index (χ3v) is 5.49. The molecule has 0 bridgehead atoms. The average molecular weight is 452 g/mol. The van der Waals surface area contributed by atoms with Crippen molar-refractivity contribution in [3.63, 3.8) is 0 Å². The highest BCUT2D eigenvalue weighted by atomic mass is 16.5. The van der Waals surface area contributed by atoms with E-state index in [0.717, 1.165) is 5.56 Å². The second-order valence-electron chi connectivity index (χ2n) is 7.35. The molecule has 1 amide bonds. The number of ether oxygens (including phenoxy) is 4. The fraction of sp³-hybridized carbons (Fsp3) is 0.308. The summed E-state index contributed by atoms with van der Waals surface area (Å²) in [5.74, 6) is 0.510. The largest absolute Gasteiger partial charge is 0.493 e. The zero-order chi connectivity index (χ0) is 24.0. The molecule has 0 saturated carbocycles. The van der Waals surface area contributed by atoms with Gasteiger partial charge < -0.3 is 23.8 Å². The van der Waals surface area contributed by atoms with Gasteiger partial charge in [-0.3, -0.25) is 4.79 Å². The summed E-state index contributed by atoms with van der Waals surface area (Å²) in [5, 5.41) is 0. The van der Waals surface area contributed by atoms with Gasteiger partial charge in [-0.05, 0) is 44.0 Å². The molecule has 174 valence electrons. The topological polar surface area (TPSA) is 74.3 Å². The lowest BCUT2D eigenvalue weighted by molar-refractivity contribution is -0.138. The Morgan fingerprint density at radius 2 is 1.67 bits per heavy atom. The van der Waals surface area contributed by atoms with Gasteiger partial charge in [0.05, 0.1) is 39.1 Å². The van der Waals surface area contributed by atoms with Crippen LogP contribution in [0.5, 0.6) is 17.2 Å². The number of allylic oxidation sites excluding steroid dienone is 1. The Morgan fingerprint density at radius 3 is 2.27 bits per heavy atom. The summed E-state index contributed by atoms with van der Waals surface area (Å²) in [7, 11) is 4.55. The molecule has 1 aliphatic rings. The van der Waals surface area contributed by atoms with E-state index in [1.54, 1.807) is 37.0 Å². The number of methoxy groups -OCH3 is 3. The van der Waals surface area contributed by atoms with E-state index in [1.165, 1.54) is 21.3 Å². The molecular formula is C26H29NO6. The number of benzene rings is 2. The van der Waals surface area contributed by atoms with Crippen molar-refractivity contribution in [3.8, 4) is 17.2 Å². The Morgan fingerprint density at radius 1 is 0.970 bits per heavy atom. The highest BCUT2D eigenvalue weighted by Crippen LogP contribution is 2.42. The predicted octanol–water partition coefficient (Wildman–Crippen LogP) is 4.02. The smallest absolute Gasteiger partial charge is 0.340 e. The molecule has 0 atom stereocenters. The van der Waals surface area contributed by atoms with Crippen LogP contribution in [-0.2, 0) is 20.7 Å². The van der Waals surface area contributed by atoms with Crippen molar-refractivity contribution in [2.45, 2.75) is 20.3 Å². The highest BCUT2D eigenvalue weighted by molar-refractivity contribution is 6.16. The molecule has 0 unspecified atom stereocenters. The van der Waals surface area contributed by atoms with E-state index in [4.69, 9.17) is 18.9 Å². The minimum atomic E-state index is -0.531. The van der Waals surface area contributed by atoms with E-state index in [0.29, 0.717) is 41.5 Å². The van der Waals surface area contributed by atoms with Crippen molar-refractivity contribution in [2.24, 2.45) is 0 Å². The summed E-state index contributed by atoms with van der Waals surface area (Å²) >= 11 is 0. The number of rotatable bonds is 9. The summed E-state index contributed by atoms with van der Waals surface area (Å²) in [6.07, 6.45) is 2.30. The highest BCUT2D eigenvalue weighted by Gasteiger charge is 2.37. The Bertz CT molecular complexity index is 1090. The molecule has 0 aromatic heterocycles. The molecule has 0 aliphatic carbocycles. The van der Waals surface area contributed by atoms with Crippen LogP contribution >= 0.6 is 0 Å². The number of hydrogen-bond donors (Lipinski definition) is 0. The first-order valence-corrected chi connectivity index (χ1v) is 10.7. The van der Waals surface area contributed by atoms with Gasteiger partial charge in [0.1, 0.15) is 0 Å². The zero-order valence-electron chi connectivity index (χ0n) is 19.6. The van der Waals surface area contributed by atoms with E-state index < -0.39 is 5.97 Å². The summed E-state index contributed by atoms with van der Waals surface area (Å²) in [5.41, 5.74) is 2.77. The van der Waals surface area contributed by atoms with Gasteiger partial charge in [0, 0.05) is 17.8 Å². The molecule has 0 saturated heterocycles. The molecule has 2 aromatic carbocycles. The van der Waals surface area contributed by atoms with Crippen LogP contribution in [0.3, 0.4) is 0 Å². The molecule has 0 spiro atoms. The molecule has 0 radical (unpaired) electrons. The molecular weight excluding hydrogens is 422 g/mol. The fourth-order valence-corrected chi connectivity index (χ4v) is 3.88. The Balaban J connectivity index is 2.05. The first-order valence-electron chi connectivity index (χ1n) is 10.7. The summed E-state index contributed by atoms with van der Waals surface area (Å²) in [4.78, 5) is 27.9. The SMILES string of the molecule is CCOC(=O)C1=C(C)N(CCc2ccccc2)C(=O)/C1=C\c1ccc(OC)c(OC)c1OC. The monoisotopic (exact) mass is 451 g/mol. The normalized spacial score (nSPS) is 14.6. The average Bonchev–Trinajstić information content (AvgIpc) is 3.06. The predicted molar refractivity (Wildman–Crippen MR) is 125 cm³/mol. The third kappa shape index (κ3) is 4.87. The number of hydrogen-bond acceptors (Lipinski definition) is 6. The van der Waals surface area contributed by atoms with Gasteiger partial charge in [-0.1, -0.05) is 30.3 Å². The number of carbonyl (C=O) groups excluding carboxylic acids is 2. The van der Waals surface area contributed by atoms with E-state index in [9.17, 15) is 9.59 Å². The quantitative estimate of drug-likeness (QED) is 0.424. The van der Waals surface area contributed by atoms with Crippen molar-refractivity contribution < 1.29 is 28.5 Å². The van der Waals surface area contributed by atoms with Crippen molar-refractivity contribution in [2.75, 3.05) is 34.5 Å². The van der Waals surface area contributed by atoms with Crippen molar-refractivity contribution >= 4 is 18.0 Å². The maximum atomic E-state index is 13.4. The second-order valence-corrected chi connectivity index (χ2v) is 7.35. The van der Waals surface area contributed by atoms with E-state index in [1.807, 2.05) is 30.3 Å². The summed E-state index contributed by atoms with van der Waals surface area (Å²) in [6.45, 7) is 4.15. The van der Waals surface area contributed by atoms with E-state index in [2.05, 4.69) is 0 Å². The van der Waals surface area contributed by atoms with Gasteiger partial charge in [-0.25, -0.2) is 4.79 Å². The fourth-order valence-electron chi connectivity index (χ4n) is 3.88. The first kappa shape index (κ1) is 23.9. The molecule has 7 nitrogen and oxygen atoms in total. The molecule has 1 aliphatic heterocycles. The van der Waals surface area contributed by atoms with E-state index >= 15 is 0 Å². The number of amides is 1. The van der Waals surface area contributed by atoms with Crippen molar-refractivity contribution in [3.05, 3.63) is 70.4 Å². The number of esters is 1. The number of nitrogens with zero attached hydrogens (tertiary/aromatic N) is 1. The number of carbonyl (C=O) groups is 2. The molecule has 2 aromatic rings. The van der Waals surface area contributed by atoms with Crippen molar-refractivity contribution in [1.29, 1.82) is 0 Å². The Kier molecular flexibility index (Phi) is 7.77. The molecule has 33 heavy (non-hydrogen) atoms. The van der Waals surface area contributed by atoms with Crippen LogP contribution in [0.25, 0.3) is 6.08 Å². The van der Waals surface area contributed by atoms with Gasteiger partial charge in [0.15, 0.2) is 11.5 Å². The molecule has 7 heteroatoms. The van der Waals surface area contributed by atoms with Crippen LogP contribution in [0, 0.1) is 0 Å². The van der Waals surface area contributed by atoms with E-state index in [-0.39, 0.29) is 23.7 Å². The van der Waals surface area contributed by atoms with Gasteiger partial charge in [-0.2, -0.15) is 0 Å². The van der Waals surface area contributed by atoms with Crippen LogP contribution < -0.4 is 14.2 Å². The molecule has 1 heterocycles. The lowest BCUT2D eigenvalue weighted by atomic mass is 10.0. The maximum absolute atomic E-state index is 13.4. The first-order chi connectivity index (χ1) is 16.0. The Labute approximate surface area is 194 Å². The third-order valence-electron chi connectivity index (χ3n) is 5.49.